The second kappa shape index (κ2) is 3.40. The first kappa shape index (κ1) is 9.73. The van der Waals surface area contributed by atoms with Crippen LogP contribution in [0.4, 0.5) is 0 Å². The Morgan fingerprint density at radius 3 is 2.64 bits per heavy atom. The summed E-state index contributed by atoms with van der Waals surface area (Å²) in [6.45, 7) is 0. The van der Waals surface area contributed by atoms with Crippen molar-refractivity contribution in [2.24, 2.45) is 0 Å². The third kappa shape index (κ3) is 1.36. The van der Waals surface area contributed by atoms with Gasteiger partial charge in [-0.2, -0.15) is 0 Å². The highest BCUT2D eigenvalue weighted by Crippen LogP contribution is 2.32. The molecule has 0 unspecified atom stereocenters. The van der Waals surface area contributed by atoms with Crippen molar-refractivity contribution >= 4 is 42.8 Å². The molecule has 0 aliphatic carbocycles. The van der Waals surface area contributed by atoms with Gasteiger partial charge in [-0.3, -0.25) is 0 Å². The highest BCUT2D eigenvalue weighted by atomic mass is 79.9. The van der Waals surface area contributed by atoms with E-state index >= 15 is 0 Å². The summed E-state index contributed by atoms with van der Waals surface area (Å²) >= 11 is 6.34. The maximum atomic E-state index is 11.3. The minimum Gasteiger partial charge on any atom is -0.504 e. The van der Waals surface area contributed by atoms with Gasteiger partial charge < -0.3 is 9.52 Å². The maximum absolute atomic E-state index is 11.3. The van der Waals surface area contributed by atoms with E-state index in [4.69, 9.17) is 4.42 Å². The Balaban J connectivity index is 3.06. The molecule has 14 heavy (non-hydrogen) atoms. The van der Waals surface area contributed by atoms with Crippen LogP contribution in [0.5, 0.6) is 5.75 Å². The summed E-state index contributed by atoms with van der Waals surface area (Å²) in [6, 6.07) is 4.88. The first-order valence-electron chi connectivity index (χ1n) is 3.71. The van der Waals surface area contributed by atoms with Crippen molar-refractivity contribution in [1.82, 2.24) is 0 Å². The van der Waals surface area contributed by atoms with E-state index in [-0.39, 0.29) is 11.3 Å². The lowest BCUT2D eigenvalue weighted by Crippen LogP contribution is -2.00. The number of halogens is 2. The Bertz CT molecular complexity index is 560. The van der Waals surface area contributed by atoms with Gasteiger partial charge in [0.25, 0.3) is 0 Å². The molecular weight excluding hydrogens is 316 g/mol. The van der Waals surface area contributed by atoms with Gasteiger partial charge in [0.15, 0.2) is 11.3 Å². The van der Waals surface area contributed by atoms with Crippen LogP contribution in [0.1, 0.15) is 0 Å². The van der Waals surface area contributed by atoms with Gasteiger partial charge in [0.05, 0.1) is 4.47 Å². The van der Waals surface area contributed by atoms with E-state index in [2.05, 4.69) is 31.9 Å². The van der Waals surface area contributed by atoms with Gasteiger partial charge in [-0.25, -0.2) is 4.79 Å². The van der Waals surface area contributed by atoms with Crippen molar-refractivity contribution in [2.45, 2.75) is 0 Å². The van der Waals surface area contributed by atoms with Crippen molar-refractivity contribution in [3.63, 3.8) is 0 Å². The van der Waals surface area contributed by atoms with Crippen molar-refractivity contribution in [1.29, 1.82) is 0 Å². The number of rotatable bonds is 0. The van der Waals surface area contributed by atoms with Crippen LogP contribution in [0.15, 0.2) is 36.4 Å². The minimum absolute atomic E-state index is 0.0483. The van der Waals surface area contributed by atoms with Gasteiger partial charge in [0, 0.05) is 5.39 Å². The SMILES string of the molecule is O=c1oc2c(O)cccc2c(Br)c1Br. The molecule has 0 fully saturated rings. The van der Waals surface area contributed by atoms with Gasteiger partial charge in [-0.1, -0.05) is 6.07 Å². The molecule has 2 rings (SSSR count). The second-order valence-corrected chi connectivity index (χ2v) is 4.26. The summed E-state index contributed by atoms with van der Waals surface area (Å²) in [5, 5.41) is 10.1. The summed E-state index contributed by atoms with van der Waals surface area (Å²) in [6.07, 6.45) is 0. The summed E-state index contributed by atoms with van der Waals surface area (Å²) in [5.41, 5.74) is -0.335. The molecule has 0 saturated carbocycles. The maximum Gasteiger partial charge on any atom is 0.351 e. The first-order valence-corrected chi connectivity index (χ1v) is 5.29. The number of aromatic hydroxyl groups is 1. The third-order valence-electron chi connectivity index (χ3n) is 1.80. The lowest BCUT2D eigenvalue weighted by atomic mass is 10.2. The van der Waals surface area contributed by atoms with Gasteiger partial charge in [-0.15, -0.1) is 0 Å². The average molecular weight is 320 g/mol. The molecule has 1 N–H and O–H groups in total. The normalized spacial score (nSPS) is 10.7. The molecule has 0 radical (unpaired) electrons. The van der Waals surface area contributed by atoms with Gasteiger partial charge in [0.1, 0.15) is 4.47 Å². The quantitative estimate of drug-likeness (QED) is 0.759. The van der Waals surface area contributed by atoms with Crippen LogP contribution < -0.4 is 5.63 Å². The molecule has 3 nitrogen and oxygen atoms in total. The highest BCUT2D eigenvalue weighted by Gasteiger charge is 2.11. The predicted octanol–water partition coefficient (Wildman–Crippen LogP) is 3.02. The molecule has 0 saturated heterocycles. The van der Waals surface area contributed by atoms with E-state index in [1.807, 2.05) is 0 Å². The standard InChI is InChI=1S/C9H4Br2O3/c10-6-4-2-1-3-5(12)8(4)14-9(13)7(6)11/h1-3,12H. The molecule has 0 aliphatic heterocycles. The third-order valence-corrected chi connectivity index (χ3v) is 3.87. The molecule has 2 aromatic rings. The molecule has 72 valence electrons. The summed E-state index contributed by atoms with van der Waals surface area (Å²) in [5.74, 6) is -0.0483. The largest absolute Gasteiger partial charge is 0.504 e. The molecule has 5 heteroatoms. The number of phenols is 1. The zero-order valence-corrected chi connectivity index (χ0v) is 9.92. The zero-order chi connectivity index (χ0) is 10.3. The van der Waals surface area contributed by atoms with Crippen molar-refractivity contribution in [3.8, 4) is 5.75 Å². The zero-order valence-electron chi connectivity index (χ0n) is 6.75. The number of hydrogen-bond acceptors (Lipinski definition) is 3. The number of fused-ring (bicyclic) bond motifs is 1. The minimum atomic E-state index is -0.522. The second-order valence-electron chi connectivity index (χ2n) is 2.67. The molecule has 1 aromatic heterocycles. The fourth-order valence-electron chi connectivity index (χ4n) is 1.15. The molecule has 0 bridgehead atoms. The number of benzene rings is 1. The van der Waals surface area contributed by atoms with Crippen LogP contribution in [-0.2, 0) is 0 Å². The average Bonchev–Trinajstić information content (AvgIpc) is 2.17. The van der Waals surface area contributed by atoms with E-state index in [1.54, 1.807) is 12.1 Å². The molecule has 0 spiro atoms. The van der Waals surface area contributed by atoms with Crippen LogP contribution in [0.25, 0.3) is 11.0 Å². The fourth-order valence-corrected chi connectivity index (χ4v) is 1.92. The van der Waals surface area contributed by atoms with Crippen LogP contribution in [-0.4, -0.2) is 5.11 Å². The Morgan fingerprint density at radius 1 is 1.21 bits per heavy atom. The molecular formula is C9H4Br2O3. The smallest absolute Gasteiger partial charge is 0.351 e. The van der Waals surface area contributed by atoms with Gasteiger partial charge in [0.2, 0.25) is 0 Å². The van der Waals surface area contributed by atoms with E-state index in [9.17, 15) is 9.90 Å². The van der Waals surface area contributed by atoms with Crippen LogP contribution >= 0.6 is 31.9 Å². The van der Waals surface area contributed by atoms with Crippen molar-refractivity contribution in [3.05, 3.63) is 37.6 Å². The highest BCUT2D eigenvalue weighted by molar-refractivity contribution is 9.13. The van der Waals surface area contributed by atoms with Crippen LogP contribution in [0, 0.1) is 0 Å². The van der Waals surface area contributed by atoms with Crippen molar-refractivity contribution in [2.75, 3.05) is 0 Å². The fraction of sp³-hybridized carbons (Fsp3) is 0. The van der Waals surface area contributed by atoms with Crippen molar-refractivity contribution < 1.29 is 9.52 Å². The Kier molecular flexibility index (Phi) is 2.36. The number of para-hydroxylation sites is 1. The molecule has 0 amide bonds. The topological polar surface area (TPSA) is 50.4 Å². The predicted molar refractivity (Wildman–Crippen MR) is 59.5 cm³/mol. The Morgan fingerprint density at radius 2 is 1.93 bits per heavy atom. The van der Waals surface area contributed by atoms with Gasteiger partial charge >= 0.3 is 5.63 Å². The molecule has 0 atom stereocenters. The number of phenolic OH excluding ortho intramolecular Hbond substituents is 1. The summed E-state index contributed by atoms with van der Waals surface area (Å²) in [4.78, 5) is 11.3. The first-order chi connectivity index (χ1) is 6.61. The molecule has 1 heterocycles. The van der Waals surface area contributed by atoms with Crippen LogP contribution in [0.3, 0.4) is 0 Å². The lowest BCUT2D eigenvalue weighted by Gasteiger charge is -2.02. The van der Waals surface area contributed by atoms with E-state index < -0.39 is 5.63 Å². The van der Waals surface area contributed by atoms with E-state index in [1.165, 1.54) is 6.07 Å². The van der Waals surface area contributed by atoms with Crippen LogP contribution in [0.2, 0.25) is 0 Å². The van der Waals surface area contributed by atoms with Gasteiger partial charge in [-0.05, 0) is 44.0 Å². The lowest BCUT2D eigenvalue weighted by molar-refractivity contribution is 0.456. The summed E-state index contributed by atoms with van der Waals surface area (Å²) in [7, 11) is 0. The monoisotopic (exact) mass is 318 g/mol. The molecule has 1 aromatic carbocycles. The number of hydrogen-bond donors (Lipinski definition) is 1. The Hall–Kier alpha value is -0.810. The Labute approximate surface area is 95.6 Å². The van der Waals surface area contributed by atoms with E-state index in [0.717, 1.165) is 0 Å². The molecule has 0 aliphatic rings. The van der Waals surface area contributed by atoms with E-state index in [0.29, 0.717) is 14.3 Å². The summed E-state index contributed by atoms with van der Waals surface area (Å²) < 4.78 is 5.82.